The molecule has 0 fully saturated rings. The summed E-state index contributed by atoms with van der Waals surface area (Å²) in [6, 6.07) is 9.71. The van der Waals surface area contributed by atoms with E-state index in [4.69, 9.17) is 4.74 Å². The van der Waals surface area contributed by atoms with E-state index in [2.05, 4.69) is 25.6 Å². The Morgan fingerprint density at radius 3 is 2.71 bits per heavy atom. The van der Waals surface area contributed by atoms with E-state index in [1.165, 1.54) is 12.4 Å². The van der Waals surface area contributed by atoms with Gasteiger partial charge in [-0.05, 0) is 12.1 Å². The Morgan fingerprint density at radius 1 is 1.12 bits per heavy atom. The average Bonchev–Trinajstić information content (AvgIpc) is 2.63. The molecule has 7 nitrogen and oxygen atoms in total. The SMILES string of the molecule is COCCNC(=O)c1cnc(Nc2cccc3cccnc23)nc1. The maximum absolute atomic E-state index is 11.9. The van der Waals surface area contributed by atoms with Crippen molar-refractivity contribution in [2.45, 2.75) is 0 Å². The molecular weight excluding hydrogens is 306 g/mol. The zero-order valence-corrected chi connectivity index (χ0v) is 13.2. The van der Waals surface area contributed by atoms with Gasteiger partial charge in [-0.2, -0.15) is 0 Å². The molecule has 1 aromatic carbocycles. The van der Waals surface area contributed by atoms with Crippen molar-refractivity contribution in [2.75, 3.05) is 25.6 Å². The second-order valence-electron chi connectivity index (χ2n) is 5.05. The van der Waals surface area contributed by atoms with E-state index in [1.54, 1.807) is 13.3 Å². The van der Waals surface area contributed by atoms with Crippen LogP contribution in [0.1, 0.15) is 10.4 Å². The highest BCUT2D eigenvalue weighted by atomic mass is 16.5. The van der Waals surface area contributed by atoms with Gasteiger partial charge in [-0.1, -0.05) is 18.2 Å². The maximum atomic E-state index is 11.9. The maximum Gasteiger partial charge on any atom is 0.254 e. The van der Waals surface area contributed by atoms with Crippen molar-refractivity contribution in [2.24, 2.45) is 0 Å². The van der Waals surface area contributed by atoms with Gasteiger partial charge in [-0.15, -0.1) is 0 Å². The van der Waals surface area contributed by atoms with Crippen LogP contribution >= 0.6 is 0 Å². The highest BCUT2D eigenvalue weighted by Crippen LogP contribution is 2.22. The monoisotopic (exact) mass is 323 g/mol. The third kappa shape index (κ3) is 3.64. The summed E-state index contributed by atoms with van der Waals surface area (Å²) in [7, 11) is 1.58. The molecule has 0 unspecified atom stereocenters. The number of rotatable bonds is 6. The fourth-order valence-electron chi connectivity index (χ4n) is 2.20. The molecule has 7 heteroatoms. The minimum Gasteiger partial charge on any atom is -0.383 e. The highest BCUT2D eigenvalue weighted by Gasteiger charge is 2.08. The smallest absolute Gasteiger partial charge is 0.254 e. The lowest BCUT2D eigenvalue weighted by Crippen LogP contribution is -2.27. The van der Waals surface area contributed by atoms with Crippen LogP contribution in [0.2, 0.25) is 0 Å². The lowest BCUT2D eigenvalue weighted by Gasteiger charge is -2.08. The van der Waals surface area contributed by atoms with Crippen LogP contribution in [0, 0.1) is 0 Å². The molecule has 2 N–H and O–H groups in total. The standard InChI is InChI=1S/C17H17N5O2/c1-24-9-8-19-16(23)13-10-20-17(21-11-13)22-14-6-2-4-12-5-3-7-18-15(12)14/h2-7,10-11H,8-9H2,1H3,(H,19,23)(H,20,21,22). The van der Waals surface area contributed by atoms with E-state index in [0.717, 1.165) is 16.6 Å². The number of para-hydroxylation sites is 1. The zero-order chi connectivity index (χ0) is 16.8. The van der Waals surface area contributed by atoms with Crippen molar-refractivity contribution in [3.8, 4) is 0 Å². The molecule has 0 aliphatic heterocycles. The Balaban J connectivity index is 1.73. The molecule has 0 atom stereocenters. The zero-order valence-electron chi connectivity index (χ0n) is 13.2. The first-order chi connectivity index (χ1) is 11.8. The summed E-state index contributed by atoms with van der Waals surface area (Å²) in [5, 5.41) is 6.87. The Bertz CT molecular complexity index is 831. The van der Waals surface area contributed by atoms with E-state index in [9.17, 15) is 4.79 Å². The van der Waals surface area contributed by atoms with Gasteiger partial charge in [0.05, 0.1) is 23.4 Å². The summed E-state index contributed by atoms with van der Waals surface area (Å²) in [6.45, 7) is 0.900. The summed E-state index contributed by atoms with van der Waals surface area (Å²) in [6.07, 6.45) is 4.70. The topological polar surface area (TPSA) is 89.0 Å². The lowest BCUT2D eigenvalue weighted by molar-refractivity contribution is 0.0936. The predicted molar refractivity (Wildman–Crippen MR) is 91.3 cm³/mol. The summed E-state index contributed by atoms with van der Waals surface area (Å²) in [5.41, 5.74) is 2.04. The van der Waals surface area contributed by atoms with Crippen LogP contribution in [-0.4, -0.2) is 41.1 Å². The molecule has 0 saturated heterocycles. The molecule has 24 heavy (non-hydrogen) atoms. The molecule has 0 spiro atoms. The average molecular weight is 323 g/mol. The molecular formula is C17H17N5O2. The van der Waals surface area contributed by atoms with E-state index in [0.29, 0.717) is 24.7 Å². The summed E-state index contributed by atoms with van der Waals surface area (Å²) in [4.78, 5) is 24.6. The Hall–Kier alpha value is -3.06. The minimum absolute atomic E-state index is 0.231. The van der Waals surface area contributed by atoms with Crippen molar-refractivity contribution in [3.63, 3.8) is 0 Å². The molecule has 2 aromatic heterocycles. The number of benzene rings is 1. The summed E-state index contributed by atoms with van der Waals surface area (Å²) >= 11 is 0. The van der Waals surface area contributed by atoms with Gasteiger partial charge >= 0.3 is 0 Å². The largest absolute Gasteiger partial charge is 0.383 e. The van der Waals surface area contributed by atoms with Crippen LogP contribution in [0.3, 0.4) is 0 Å². The molecule has 3 rings (SSSR count). The van der Waals surface area contributed by atoms with E-state index >= 15 is 0 Å². The number of carbonyl (C=O) groups is 1. The number of nitrogens with zero attached hydrogens (tertiary/aromatic N) is 3. The first kappa shape index (κ1) is 15.8. The normalized spacial score (nSPS) is 10.5. The van der Waals surface area contributed by atoms with Crippen LogP contribution in [0.15, 0.2) is 48.9 Å². The number of ether oxygens (including phenoxy) is 1. The first-order valence-corrected chi connectivity index (χ1v) is 7.48. The van der Waals surface area contributed by atoms with Crippen LogP contribution in [-0.2, 0) is 4.74 Å². The molecule has 1 amide bonds. The Kier molecular flexibility index (Phi) is 4.93. The third-order valence-corrected chi connectivity index (χ3v) is 3.38. The van der Waals surface area contributed by atoms with Gasteiger partial charge < -0.3 is 15.4 Å². The van der Waals surface area contributed by atoms with Crippen LogP contribution in [0.5, 0.6) is 0 Å². The molecule has 0 saturated carbocycles. The summed E-state index contributed by atoms with van der Waals surface area (Å²) in [5.74, 6) is 0.173. The highest BCUT2D eigenvalue weighted by molar-refractivity contribution is 5.94. The molecule has 0 aliphatic carbocycles. The van der Waals surface area contributed by atoms with Gasteiger partial charge in [0.15, 0.2) is 0 Å². The number of fused-ring (bicyclic) bond motifs is 1. The lowest BCUT2D eigenvalue weighted by atomic mass is 10.2. The summed E-state index contributed by atoms with van der Waals surface area (Å²) < 4.78 is 4.89. The quantitative estimate of drug-likeness (QED) is 0.676. The first-order valence-electron chi connectivity index (χ1n) is 7.48. The number of methoxy groups -OCH3 is 1. The van der Waals surface area contributed by atoms with Crippen molar-refractivity contribution < 1.29 is 9.53 Å². The Labute approximate surface area is 139 Å². The van der Waals surface area contributed by atoms with Gasteiger partial charge in [0.2, 0.25) is 5.95 Å². The number of anilines is 2. The van der Waals surface area contributed by atoms with Crippen LogP contribution in [0.4, 0.5) is 11.6 Å². The fraction of sp³-hybridized carbons (Fsp3) is 0.176. The van der Waals surface area contributed by atoms with Gasteiger partial charge in [-0.25, -0.2) is 9.97 Å². The van der Waals surface area contributed by atoms with Gasteiger partial charge in [0, 0.05) is 37.6 Å². The van der Waals surface area contributed by atoms with Crippen LogP contribution in [0.25, 0.3) is 10.9 Å². The number of nitrogens with one attached hydrogen (secondary N) is 2. The third-order valence-electron chi connectivity index (χ3n) is 3.38. The van der Waals surface area contributed by atoms with Crippen molar-refractivity contribution in [3.05, 3.63) is 54.5 Å². The number of aromatic nitrogens is 3. The number of amides is 1. The van der Waals surface area contributed by atoms with Crippen LogP contribution < -0.4 is 10.6 Å². The second-order valence-corrected chi connectivity index (χ2v) is 5.05. The predicted octanol–water partition coefficient (Wildman–Crippen LogP) is 2.14. The molecule has 0 aliphatic rings. The number of hydrogen-bond acceptors (Lipinski definition) is 6. The van der Waals surface area contributed by atoms with Gasteiger partial charge in [0.25, 0.3) is 5.91 Å². The van der Waals surface area contributed by atoms with E-state index in [1.807, 2.05) is 30.3 Å². The van der Waals surface area contributed by atoms with Crippen molar-refractivity contribution in [1.29, 1.82) is 0 Å². The number of pyridine rings is 1. The minimum atomic E-state index is -0.231. The van der Waals surface area contributed by atoms with Crippen molar-refractivity contribution >= 4 is 28.4 Å². The molecule has 3 aromatic rings. The Morgan fingerprint density at radius 2 is 1.92 bits per heavy atom. The molecule has 0 bridgehead atoms. The molecule has 2 heterocycles. The van der Waals surface area contributed by atoms with E-state index in [-0.39, 0.29) is 5.91 Å². The number of hydrogen-bond donors (Lipinski definition) is 2. The van der Waals surface area contributed by atoms with Gasteiger partial charge in [0.1, 0.15) is 0 Å². The van der Waals surface area contributed by atoms with E-state index < -0.39 is 0 Å². The molecule has 0 radical (unpaired) electrons. The second kappa shape index (κ2) is 7.47. The molecule has 122 valence electrons. The van der Waals surface area contributed by atoms with Crippen molar-refractivity contribution in [1.82, 2.24) is 20.3 Å². The fourth-order valence-corrected chi connectivity index (χ4v) is 2.20. The van der Waals surface area contributed by atoms with Gasteiger partial charge in [-0.3, -0.25) is 9.78 Å². The number of carbonyl (C=O) groups excluding carboxylic acids is 1.